The van der Waals surface area contributed by atoms with Crippen molar-refractivity contribution in [1.29, 1.82) is 0 Å². The molecular weight excluding hydrogens is 280 g/mol. The number of likely N-dealkylation sites (N-methyl/N-ethyl adjacent to an activating group) is 1. The third-order valence-electron chi connectivity index (χ3n) is 4.70. The minimum atomic E-state index is -0.195. The molecule has 0 unspecified atom stereocenters. The van der Waals surface area contributed by atoms with E-state index in [9.17, 15) is 9.59 Å². The predicted octanol–water partition coefficient (Wildman–Crippen LogP) is 1.53. The zero-order valence-electron chi connectivity index (χ0n) is 13.2. The number of fused-ring (bicyclic) bond motifs is 1. The molecule has 1 amide bonds. The summed E-state index contributed by atoms with van der Waals surface area (Å²) >= 11 is 0. The average Bonchev–Trinajstić information content (AvgIpc) is 2.80. The smallest absolute Gasteiger partial charge is 0.330 e. The van der Waals surface area contributed by atoms with Crippen LogP contribution in [0.4, 0.5) is 0 Å². The first-order valence-electron chi connectivity index (χ1n) is 7.85. The zero-order chi connectivity index (χ0) is 15.7. The van der Waals surface area contributed by atoms with Crippen LogP contribution in [0.5, 0.6) is 0 Å². The topological polar surface area (TPSA) is 60.1 Å². The Kier molecular flexibility index (Phi) is 4.00. The van der Waals surface area contributed by atoms with Gasteiger partial charge in [-0.3, -0.25) is 13.9 Å². The molecule has 2 aromatic rings. The molecule has 0 saturated heterocycles. The number of rotatable bonds is 3. The summed E-state index contributed by atoms with van der Waals surface area (Å²) in [5.41, 5.74) is 1.13. The summed E-state index contributed by atoms with van der Waals surface area (Å²) < 4.78 is 3.01. The van der Waals surface area contributed by atoms with Gasteiger partial charge in [-0.15, -0.1) is 0 Å². The van der Waals surface area contributed by atoms with E-state index in [2.05, 4.69) is 4.98 Å². The fourth-order valence-corrected chi connectivity index (χ4v) is 3.30. The number of hydrogen-bond donors (Lipinski definition) is 0. The molecule has 0 bridgehead atoms. The second kappa shape index (κ2) is 5.94. The van der Waals surface area contributed by atoms with Gasteiger partial charge in [0.25, 0.3) is 0 Å². The molecule has 0 aliphatic heterocycles. The van der Waals surface area contributed by atoms with E-state index < -0.39 is 0 Å². The first-order valence-corrected chi connectivity index (χ1v) is 7.85. The molecule has 3 rings (SSSR count). The van der Waals surface area contributed by atoms with Gasteiger partial charge in [-0.05, 0) is 25.0 Å². The summed E-state index contributed by atoms with van der Waals surface area (Å²) in [5.74, 6) is -0.00893. The Labute approximate surface area is 129 Å². The van der Waals surface area contributed by atoms with Crippen molar-refractivity contribution < 1.29 is 4.79 Å². The maximum atomic E-state index is 12.6. The van der Waals surface area contributed by atoms with Gasteiger partial charge >= 0.3 is 5.69 Å². The molecule has 2 heterocycles. The first-order chi connectivity index (χ1) is 10.6. The molecule has 0 radical (unpaired) electrons. The van der Waals surface area contributed by atoms with E-state index in [0.29, 0.717) is 17.2 Å². The van der Waals surface area contributed by atoms with Crippen LogP contribution in [-0.4, -0.2) is 38.0 Å². The van der Waals surface area contributed by atoms with Gasteiger partial charge in [0.2, 0.25) is 5.91 Å². The van der Waals surface area contributed by atoms with E-state index in [4.69, 9.17) is 0 Å². The largest absolute Gasteiger partial charge is 0.341 e. The number of carbonyl (C=O) groups excluding carboxylic acids is 1. The zero-order valence-corrected chi connectivity index (χ0v) is 13.2. The van der Waals surface area contributed by atoms with Gasteiger partial charge in [0.15, 0.2) is 5.65 Å². The van der Waals surface area contributed by atoms with Gasteiger partial charge in [-0.2, -0.15) is 0 Å². The third kappa shape index (κ3) is 2.53. The van der Waals surface area contributed by atoms with Crippen molar-refractivity contribution in [3.63, 3.8) is 0 Å². The Morgan fingerprint density at radius 3 is 2.82 bits per heavy atom. The van der Waals surface area contributed by atoms with E-state index >= 15 is 0 Å². The van der Waals surface area contributed by atoms with Crippen molar-refractivity contribution in [2.45, 2.75) is 44.7 Å². The van der Waals surface area contributed by atoms with Gasteiger partial charge < -0.3 is 4.90 Å². The fourth-order valence-electron chi connectivity index (χ4n) is 3.30. The molecule has 0 aromatic carbocycles. The molecule has 6 nitrogen and oxygen atoms in total. The molecule has 1 saturated carbocycles. The lowest BCUT2D eigenvalue weighted by atomic mass is 9.94. The van der Waals surface area contributed by atoms with Crippen LogP contribution in [0, 0.1) is 0 Å². The van der Waals surface area contributed by atoms with Crippen molar-refractivity contribution >= 4 is 17.1 Å². The highest BCUT2D eigenvalue weighted by molar-refractivity contribution is 5.79. The number of aryl methyl sites for hydroxylation is 1. The lowest BCUT2D eigenvalue weighted by Gasteiger charge is -2.31. The van der Waals surface area contributed by atoms with Crippen LogP contribution in [0.3, 0.4) is 0 Å². The summed E-state index contributed by atoms with van der Waals surface area (Å²) in [6.45, 7) is 0.0782. The summed E-state index contributed by atoms with van der Waals surface area (Å²) in [7, 11) is 3.54. The van der Waals surface area contributed by atoms with Gasteiger partial charge in [0.05, 0.1) is 5.52 Å². The summed E-state index contributed by atoms with van der Waals surface area (Å²) in [4.78, 5) is 30.9. The maximum absolute atomic E-state index is 12.6. The average molecular weight is 302 g/mol. The number of pyridine rings is 1. The van der Waals surface area contributed by atoms with Crippen molar-refractivity contribution in [2.24, 2.45) is 7.05 Å². The number of nitrogens with zero attached hydrogens (tertiary/aromatic N) is 4. The monoisotopic (exact) mass is 302 g/mol. The molecule has 2 aromatic heterocycles. The molecule has 118 valence electrons. The number of amides is 1. The number of aromatic nitrogens is 3. The van der Waals surface area contributed by atoms with Gasteiger partial charge in [-0.25, -0.2) is 9.78 Å². The van der Waals surface area contributed by atoms with Crippen LogP contribution in [0.1, 0.15) is 32.1 Å². The van der Waals surface area contributed by atoms with Crippen molar-refractivity contribution in [2.75, 3.05) is 7.05 Å². The van der Waals surface area contributed by atoms with Crippen LogP contribution < -0.4 is 5.69 Å². The number of imidazole rings is 1. The number of hydrogen-bond acceptors (Lipinski definition) is 3. The van der Waals surface area contributed by atoms with Crippen LogP contribution in [0.2, 0.25) is 0 Å². The molecule has 6 heteroatoms. The summed E-state index contributed by atoms with van der Waals surface area (Å²) in [6.07, 6.45) is 7.40. The van der Waals surface area contributed by atoms with Crippen LogP contribution in [0.15, 0.2) is 23.1 Å². The Morgan fingerprint density at radius 1 is 1.36 bits per heavy atom. The standard InChI is InChI=1S/C16H22N4O2/c1-18(12-7-4-3-5-8-12)14(21)11-20-13-9-6-10-17-15(13)19(2)16(20)22/h6,9-10,12H,3-5,7-8,11H2,1-2H3. The predicted molar refractivity (Wildman–Crippen MR) is 84.6 cm³/mol. The lowest BCUT2D eigenvalue weighted by molar-refractivity contribution is -0.133. The summed E-state index contributed by atoms with van der Waals surface area (Å²) in [6, 6.07) is 3.93. The van der Waals surface area contributed by atoms with E-state index in [1.807, 2.05) is 18.0 Å². The number of carbonyl (C=O) groups is 1. The lowest BCUT2D eigenvalue weighted by Crippen LogP contribution is -2.41. The van der Waals surface area contributed by atoms with Crippen LogP contribution in [0.25, 0.3) is 11.2 Å². The van der Waals surface area contributed by atoms with Gasteiger partial charge in [0.1, 0.15) is 6.54 Å². The normalized spacial score (nSPS) is 16.1. The quantitative estimate of drug-likeness (QED) is 0.864. The molecule has 0 atom stereocenters. The minimum absolute atomic E-state index is 0.00893. The van der Waals surface area contributed by atoms with Gasteiger partial charge in [-0.1, -0.05) is 19.3 Å². The Hall–Kier alpha value is -2.11. The Bertz CT molecular complexity index is 740. The molecule has 1 aliphatic rings. The van der Waals surface area contributed by atoms with Crippen molar-refractivity contribution in [3.05, 3.63) is 28.8 Å². The molecule has 1 fully saturated rings. The highest BCUT2D eigenvalue weighted by Gasteiger charge is 2.23. The third-order valence-corrected chi connectivity index (χ3v) is 4.70. The van der Waals surface area contributed by atoms with Crippen LogP contribution in [-0.2, 0) is 18.4 Å². The van der Waals surface area contributed by atoms with Crippen molar-refractivity contribution in [3.8, 4) is 0 Å². The second-order valence-electron chi connectivity index (χ2n) is 6.07. The SMILES string of the molecule is CN(C(=O)Cn1c(=O)n(C)c2ncccc21)C1CCCCC1. The van der Waals surface area contributed by atoms with Crippen molar-refractivity contribution in [1.82, 2.24) is 19.0 Å². The van der Waals surface area contributed by atoms with E-state index in [0.717, 1.165) is 12.8 Å². The fraction of sp³-hybridized carbons (Fsp3) is 0.562. The van der Waals surface area contributed by atoms with E-state index in [1.165, 1.54) is 28.4 Å². The molecule has 22 heavy (non-hydrogen) atoms. The molecule has 0 spiro atoms. The second-order valence-corrected chi connectivity index (χ2v) is 6.07. The van der Waals surface area contributed by atoms with E-state index in [1.54, 1.807) is 19.3 Å². The van der Waals surface area contributed by atoms with Crippen LogP contribution >= 0.6 is 0 Å². The highest BCUT2D eigenvalue weighted by Crippen LogP contribution is 2.22. The maximum Gasteiger partial charge on any atom is 0.330 e. The molecule has 0 N–H and O–H groups in total. The van der Waals surface area contributed by atoms with Gasteiger partial charge in [0, 0.05) is 26.3 Å². The summed E-state index contributed by atoms with van der Waals surface area (Å²) in [5, 5.41) is 0. The Morgan fingerprint density at radius 2 is 2.09 bits per heavy atom. The molecule has 1 aliphatic carbocycles. The highest BCUT2D eigenvalue weighted by atomic mass is 16.2. The van der Waals surface area contributed by atoms with E-state index in [-0.39, 0.29) is 18.1 Å². The molecular formula is C16H22N4O2. The first kappa shape index (κ1) is 14.8. The minimum Gasteiger partial charge on any atom is -0.341 e. The Balaban J connectivity index is 1.85.